The molecule has 2 heterocycles. The molecular weight excluding hydrogens is 240 g/mol. The Morgan fingerprint density at radius 3 is 3.00 bits per heavy atom. The molecule has 0 bridgehead atoms. The molecule has 3 amide bonds. The number of amides is 3. The van der Waals surface area contributed by atoms with Crippen molar-refractivity contribution < 1.29 is 14.3 Å². The van der Waals surface area contributed by atoms with E-state index >= 15 is 0 Å². The summed E-state index contributed by atoms with van der Waals surface area (Å²) in [4.78, 5) is 25.0. The lowest BCUT2D eigenvalue weighted by Crippen LogP contribution is -2.37. The first kappa shape index (κ1) is 12.7. The monoisotopic (exact) mass is 258 g/mol. The van der Waals surface area contributed by atoms with Gasteiger partial charge in [-0.25, -0.2) is 4.79 Å². The van der Waals surface area contributed by atoms with Crippen molar-refractivity contribution in [3.05, 3.63) is 0 Å². The quantitative estimate of drug-likeness (QED) is 0.742. The Hall–Kier alpha value is -0.750. The average molecular weight is 258 g/mol. The second-order valence-corrected chi connectivity index (χ2v) is 5.35. The minimum Gasteiger partial charge on any atom is -0.376 e. The van der Waals surface area contributed by atoms with Crippen LogP contribution >= 0.6 is 11.8 Å². The third-order valence-corrected chi connectivity index (χ3v) is 3.77. The third kappa shape index (κ3) is 2.93. The van der Waals surface area contributed by atoms with Gasteiger partial charge in [-0.1, -0.05) is 0 Å². The summed E-state index contributed by atoms with van der Waals surface area (Å²) in [5, 5.41) is 2.73. The summed E-state index contributed by atoms with van der Waals surface area (Å²) >= 11 is 1.68. The number of rotatable bonds is 5. The molecule has 2 saturated heterocycles. The molecule has 0 aromatic carbocycles. The molecular formula is C11H18N2O3S. The van der Waals surface area contributed by atoms with E-state index in [0.29, 0.717) is 13.0 Å². The molecule has 2 rings (SSSR count). The first-order chi connectivity index (χ1) is 8.22. The fourth-order valence-electron chi connectivity index (χ4n) is 2.17. The van der Waals surface area contributed by atoms with Crippen molar-refractivity contribution in [2.45, 2.75) is 31.4 Å². The Labute approximate surface area is 105 Å². The molecule has 2 atom stereocenters. The van der Waals surface area contributed by atoms with E-state index in [-0.39, 0.29) is 24.1 Å². The third-order valence-electron chi connectivity index (χ3n) is 3.13. The predicted molar refractivity (Wildman–Crippen MR) is 66.0 cm³/mol. The lowest BCUT2D eigenvalue weighted by molar-refractivity contribution is -0.128. The number of imide groups is 1. The van der Waals surface area contributed by atoms with E-state index in [2.05, 4.69) is 5.32 Å². The molecule has 0 saturated carbocycles. The number of hydrogen-bond donors (Lipinski definition) is 1. The van der Waals surface area contributed by atoms with Crippen LogP contribution in [0.25, 0.3) is 0 Å². The normalized spacial score (nSPS) is 28.9. The zero-order valence-electron chi connectivity index (χ0n) is 9.98. The Balaban J connectivity index is 1.89. The van der Waals surface area contributed by atoms with Crippen LogP contribution in [-0.2, 0) is 9.53 Å². The summed E-state index contributed by atoms with van der Waals surface area (Å²) in [6, 6.07) is -0.604. The topological polar surface area (TPSA) is 58.6 Å². The fraction of sp³-hybridized carbons (Fsp3) is 0.818. The Kier molecular flexibility index (Phi) is 4.28. The van der Waals surface area contributed by atoms with Crippen molar-refractivity contribution in [2.75, 3.05) is 25.2 Å². The molecule has 0 aliphatic carbocycles. The van der Waals surface area contributed by atoms with Gasteiger partial charge in [0.25, 0.3) is 5.91 Å². The van der Waals surface area contributed by atoms with Crippen molar-refractivity contribution in [1.82, 2.24) is 10.2 Å². The molecule has 1 N–H and O–H groups in total. The van der Waals surface area contributed by atoms with Crippen molar-refractivity contribution in [2.24, 2.45) is 0 Å². The minimum atomic E-state index is -0.337. The molecule has 96 valence electrons. The molecule has 0 spiro atoms. The van der Waals surface area contributed by atoms with E-state index < -0.39 is 0 Å². The van der Waals surface area contributed by atoms with E-state index in [9.17, 15) is 9.59 Å². The van der Waals surface area contributed by atoms with Crippen molar-refractivity contribution in [3.63, 3.8) is 0 Å². The van der Waals surface area contributed by atoms with E-state index in [1.807, 2.05) is 6.26 Å². The van der Waals surface area contributed by atoms with Crippen molar-refractivity contribution in [1.29, 1.82) is 0 Å². The molecule has 2 aliphatic rings. The highest BCUT2D eigenvalue weighted by Crippen LogP contribution is 2.17. The minimum absolute atomic E-state index is 0.0315. The molecule has 1 unspecified atom stereocenters. The SMILES string of the molecule is CSCC[C@@H]1NC(=O)N(CC2CCCO2)C1=O. The maximum absolute atomic E-state index is 12.0. The van der Waals surface area contributed by atoms with Gasteiger partial charge in [0.2, 0.25) is 0 Å². The largest absolute Gasteiger partial charge is 0.376 e. The molecule has 5 nitrogen and oxygen atoms in total. The number of nitrogens with zero attached hydrogens (tertiary/aromatic N) is 1. The summed E-state index contributed by atoms with van der Waals surface area (Å²) < 4.78 is 5.45. The highest BCUT2D eigenvalue weighted by Gasteiger charge is 2.39. The summed E-state index contributed by atoms with van der Waals surface area (Å²) in [5.41, 5.74) is 0. The number of hydrogen-bond acceptors (Lipinski definition) is 4. The van der Waals surface area contributed by atoms with Crippen LogP contribution in [0, 0.1) is 0 Å². The number of carbonyl (C=O) groups excluding carboxylic acids is 2. The fourth-order valence-corrected chi connectivity index (χ4v) is 2.64. The van der Waals surface area contributed by atoms with Crippen LogP contribution in [0.2, 0.25) is 0 Å². The van der Waals surface area contributed by atoms with Gasteiger partial charge >= 0.3 is 6.03 Å². The predicted octanol–water partition coefficient (Wildman–Crippen LogP) is 0.839. The van der Waals surface area contributed by atoms with E-state index in [4.69, 9.17) is 4.74 Å². The van der Waals surface area contributed by atoms with Gasteiger partial charge in [0.1, 0.15) is 6.04 Å². The van der Waals surface area contributed by atoms with Gasteiger partial charge in [0, 0.05) is 6.61 Å². The van der Waals surface area contributed by atoms with E-state index in [1.165, 1.54) is 4.90 Å². The number of urea groups is 1. The zero-order valence-corrected chi connectivity index (χ0v) is 10.8. The van der Waals surface area contributed by atoms with Gasteiger partial charge in [-0.05, 0) is 31.3 Å². The maximum atomic E-state index is 12.0. The summed E-state index contributed by atoms with van der Waals surface area (Å²) in [6.45, 7) is 1.14. The number of carbonyl (C=O) groups is 2. The first-order valence-electron chi connectivity index (χ1n) is 5.95. The van der Waals surface area contributed by atoms with Crippen LogP contribution in [0.3, 0.4) is 0 Å². The highest BCUT2D eigenvalue weighted by molar-refractivity contribution is 7.98. The van der Waals surface area contributed by atoms with Gasteiger partial charge in [-0.3, -0.25) is 9.69 Å². The second kappa shape index (κ2) is 5.73. The Morgan fingerprint density at radius 1 is 1.53 bits per heavy atom. The number of thioether (sulfide) groups is 1. The van der Waals surface area contributed by atoms with Crippen LogP contribution in [-0.4, -0.2) is 54.1 Å². The lowest BCUT2D eigenvalue weighted by atomic mass is 10.2. The molecule has 0 radical (unpaired) electrons. The number of ether oxygens (including phenoxy) is 1. The van der Waals surface area contributed by atoms with Gasteiger partial charge in [-0.2, -0.15) is 11.8 Å². The molecule has 17 heavy (non-hydrogen) atoms. The van der Waals surface area contributed by atoms with Crippen LogP contribution in [0.5, 0.6) is 0 Å². The molecule has 2 fully saturated rings. The van der Waals surface area contributed by atoms with Crippen LogP contribution in [0.15, 0.2) is 0 Å². The standard InChI is InChI=1S/C11H18N2O3S/c1-17-6-4-9-10(14)13(11(15)12-9)7-8-3-2-5-16-8/h8-9H,2-7H2,1H3,(H,12,15)/t8?,9-/m0/s1. The molecule has 6 heteroatoms. The van der Waals surface area contributed by atoms with Gasteiger partial charge in [-0.15, -0.1) is 0 Å². The van der Waals surface area contributed by atoms with E-state index in [0.717, 1.165) is 25.2 Å². The average Bonchev–Trinajstić information content (AvgIpc) is 2.90. The molecule has 0 aromatic rings. The summed E-state index contributed by atoms with van der Waals surface area (Å²) in [5.74, 6) is 0.782. The first-order valence-corrected chi connectivity index (χ1v) is 7.34. The van der Waals surface area contributed by atoms with Gasteiger partial charge in [0.05, 0.1) is 12.6 Å². The number of nitrogens with one attached hydrogen (secondary N) is 1. The highest BCUT2D eigenvalue weighted by atomic mass is 32.2. The second-order valence-electron chi connectivity index (χ2n) is 4.37. The Bertz CT molecular complexity index is 305. The molecule has 2 aliphatic heterocycles. The van der Waals surface area contributed by atoms with E-state index in [1.54, 1.807) is 11.8 Å². The van der Waals surface area contributed by atoms with Gasteiger partial charge in [0.15, 0.2) is 0 Å². The lowest BCUT2D eigenvalue weighted by Gasteiger charge is -2.17. The van der Waals surface area contributed by atoms with Crippen LogP contribution < -0.4 is 5.32 Å². The van der Waals surface area contributed by atoms with Crippen LogP contribution in [0.1, 0.15) is 19.3 Å². The van der Waals surface area contributed by atoms with Crippen LogP contribution in [0.4, 0.5) is 4.79 Å². The van der Waals surface area contributed by atoms with Crippen molar-refractivity contribution >= 4 is 23.7 Å². The maximum Gasteiger partial charge on any atom is 0.324 e. The molecule has 0 aromatic heterocycles. The van der Waals surface area contributed by atoms with Gasteiger partial charge < -0.3 is 10.1 Å². The smallest absolute Gasteiger partial charge is 0.324 e. The summed E-state index contributed by atoms with van der Waals surface area (Å²) in [7, 11) is 0. The summed E-state index contributed by atoms with van der Waals surface area (Å²) in [6.07, 6.45) is 4.68. The zero-order chi connectivity index (χ0) is 12.3. The Morgan fingerprint density at radius 2 is 2.35 bits per heavy atom. The van der Waals surface area contributed by atoms with Crippen molar-refractivity contribution in [3.8, 4) is 0 Å².